The lowest BCUT2D eigenvalue weighted by Crippen LogP contribution is -2.14. The van der Waals surface area contributed by atoms with Gasteiger partial charge in [0.2, 0.25) is 11.1 Å². The van der Waals surface area contributed by atoms with E-state index in [-0.39, 0.29) is 11.7 Å². The molecular formula is C22H22N6OS2. The summed E-state index contributed by atoms with van der Waals surface area (Å²) in [6, 6.07) is 16.4. The van der Waals surface area contributed by atoms with Gasteiger partial charge in [0.15, 0.2) is 5.13 Å². The Morgan fingerprint density at radius 1 is 1.16 bits per heavy atom. The highest BCUT2D eigenvalue weighted by molar-refractivity contribution is 7.99. The zero-order valence-corrected chi connectivity index (χ0v) is 18.9. The molecule has 0 spiro atoms. The number of nitrogens with zero attached hydrogens (tertiary/aromatic N) is 5. The zero-order chi connectivity index (χ0) is 21.6. The number of hydrogen-bond acceptors (Lipinski definition) is 7. The molecule has 4 rings (SSSR count). The van der Waals surface area contributed by atoms with Crippen LogP contribution in [0.4, 0.5) is 5.13 Å². The van der Waals surface area contributed by atoms with Gasteiger partial charge in [-0.3, -0.25) is 4.79 Å². The Morgan fingerprint density at radius 3 is 2.77 bits per heavy atom. The normalized spacial score (nSPS) is 10.9. The quantitative estimate of drug-likeness (QED) is 0.403. The van der Waals surface area contributed by atoms with Crippen LogP contribution in [0.3, 0.4) is 0 Å². The van der Waals surface area contributed by atoms with E-state index in [9.17, 15) is 4.79 Å². The van der Waals surface area contributed by atoms with Crippen LogP contribution in [0.25, 0.3) is 5.69 Å². The molecule has 0 unspecified atom stereocenters. The molecule has 0 fully saturated rings. The van der Waals surface area contributed by atoms with E-state index in [1.165, 1.54) is 39.8 Å². The predicted octanol–water partition coefficient (Wildman–Crippen LogP) is 4.31. The Kier molecular flexibility index (Phi) is 6.73. The molecule has 0 aliphatic heterocycles. The number of carbonyl (C=O) groups is 1. The van der Waals surface area contributed by atoms with Gasteiger partial charge in [0.05, 0.1) is 11.4 Å². The summed E-state index contributed by atoms with van der Waals surface area (Å²) in [7, 11) is 0. The summed E-state index contributed by atoms with van der Waals surface area (Å²) < 4.78 is 1.64. The Morgan fingerprint density at radius 2 is 2.00 bits per heavy atom. The van der Waals surface area contributed by atoms with Crippen molar-refractivity contribution in [1.29, 1.82) is 0 Å². The van der Waals surface area contributed by atoms with E-state index in [2.05, 4.69) is 76.1 Å². The Balaban J connectivity index is 1.33. The Labute approximate surface area is 188 Å². The number of aryl methyl sites for hydroxylation is 2. The Bertz CT molecular complexity index is 1170. The Hall–Kier alpha value is -3.04. The third-order valence-electron chi connectivity index (χ3n) is 4.62. The standard InChI is InChI=1S/C22H22N6OS2/c1-3-16-7-9-18(10-8-16)28-22(25-26-27-28)30-14-20(29)24-21-23-13-19(31-21)12-17-6-4-5-15(2)11-17/h4-11,13H,3,12,14H2,1-2H3,(H,23,24,29). The van der Waals surface area contributed by atoms with Crippen molar-refractivity contribution >= 4 is 34.1 Å². The minimum absolute atomic E-state index is 0.141. The number of rotatable bonds is 8. The number of tetrazole rings is 1. The van der Waals surface area contributed by atoms with E-state index >= 15 is 0 Å². The monoisotopic (exact) mass is 450 g/mol. The molecule has 0 aliphatic carbocycles. The number of benzene rings is 2. The number of aromatic nitrogens is 5. The van der Waals surface area contributed by atoms with Gasteiger partial charge >= 0.3 is 0 Å². The number of nitrogens with one attached hydrogen (secondary N) is 1. The summed E-state index contributed by atoms with van der Waals surface area (Å²) in [5.74, 6) is 0.0533. The molecule has 0 saturated heterocycles. The second-order valence-electron chi connectivity index (χ2n) is 7.03. The summed E-state index contributed by atoms with van der Waals surface area (Å²) in [6.45, 7) is 4.19. The van der Waals surface area contributed by atoms with E-state index in [0.717, 1.165) is 23.4 Å². The highest BCUT2D eigenvalue weighted by Gasteiger charge is 2.13. The average Bonchev–Trinajstić information content (AvgIpc) is 3.42. The molecule has 4 aromatic rings. The maximum atomic E-state index is 12.4. The number of amides is 1. The molecule has 7 nitrogen and oxygen atoms in total. The first-order chi connectivity index (χ1) is 15.1. The lowest BCUT2D eigenvalue weighted by atomic mass is 10.1. The van der Waals surface area contributed by atoms with Crippen LogP contribution in [0.5, 0.6) is 0 Å². The molecule has 0 atom stereocenters. The largest absolute Gasteiger partial charge is 0.301 e. The fourth-order valence-corrected chi connectivity index (χ4v) is 4.61. The lowest BCUT2D eigenvalue weighted by Gasteiger charge is -2.05. The first-order valence-corrected chi connectivity index (χ1v) is 11.7. The molecule has 0 radical (unpaired) electrons. The fraction of sp³-hybridized carbons (Fsp3) is 0.227. The van der Waals surface area contributed by atoms with E-state index < -0.39 is 0 Å². The van der Waals surface area contributed by atoms with Gasteiger partial charge in [0.25, 0.3) is 0 Å². The molecule has 2 aromatic carbocycles. The van der Waals surface area contributed by atoms with Crippen LogP contribution in [0.15, 0.2) is 59.9 Å². The zero-order valence-electron chi connectivity index (χ0n) is 17.3. The lowest BCUT2D eigenvalue weighted by molar-refractivity contribution is -0.113. The van der Waals surface area contributed by atoms with Crippen LogP contribution in [0, 0.1) is 6.92 Å². The number of carbonyl (C=O) groups excluding carboxylic acids is 1. The van der Waals surface area contributed by atoms with Crippen molar-refractivity contribution in [3.63, 3.8) is 0 Å². The molecule has 0 aliphatic rings. The smallest absolute Gasteiger partial charge is 0.236 e. The van der Waals surface area contributed by atoms with Crippen molar-refractivity contribution in [3.05, 3.63) is 76.3 Å². The van der Waals surface area contributed by atoms with Gasteiger partial charge < -0.3 is 5.32 Å². The average molecular weight is 451 g/mol. The fourth-order valence-electron chi connectivity index (χ4n) is 3.06. The van der Waals surface area contributed by atoms with Crippen molar-refractivity contribution in [1.82, 2.24) is 25.2 Å². The molecule has 1 amide bonds. The van der Waals surface area contributed by atoms with Gasteiger partial charge in [-0.05, 0) is 47.0 Å². The van der Waals surface area contributed by atoms with Crippen molar-refractivity contribution in [2.24, 2.45) is 0 Å². The molecule has 2 aromatic heterocycles. The van der Waals surface area contributed by atoms with Gasteiger partial charge in [-0.2, -0.15) is 4.68 Å². The molecule has 9 heteroatoms. The van der Waals surface area contributed by atoms with Crippen molar-refractivity contribution < 1.29 is 4.79 Å². The molecule has 31 heavy (non-hydrogen) atoms. The molecule has 0 saturated carbocycles. The van der Waals surface area contributed by atoms with E-state index in [1.807, 2.05) is 18.3 Å². The van der Waals surface area contributed by atoms with Gasteiger partial charge in [-0.25, -0.2) is 4.98 Å². The van der Waals surface area contributed by atoms with Gasteiger partial charge in [0.1, 0.15) is 0 Å². The van der Waals surface area contributed by atoms with Crippen LogP contribution in [-0.4, -0.2) is 36.9 Å². The van der Waals surface area contributed by atoms with E-state index in [1.54, 1.807) is 4.68 Å². The minimum Gasteiger partial charge on any atom is -0.301 e. The number of thiazole rings is 1. The van der Waals surface area contributed by atoms with Crippen LogP contribution in [0.2, 0.25) is 0 Å². The highest BCUT2D eigenvalue weighted by Crippen LogP contribution is 2.23. The third kappa shape index (κ3) is 5.56. The van der Waals surface area contributed by atoms with Gasteiger partial charge in [-0.15, -0.1) is 16.4 Å². The minimum atomic E-state index is -0.141. The second kappa shape index (κ2) is 9.84. The predicted molar refractivity (Wildman–Crippen MR) is 124 cm³/mol. The number of thioether (sulfide) groups is 1. The summed E-state index contributed by atoms with van der Waals surface area (Å²) in [5, 5.41) is 15.9. The van der Waals surface area contributed by atoms with Crippen molar-refractivity contribution in [3.8, 4) is 5.69 Å². The highest BCUT2D eigenvalue weighted by atomic mass is 32.2. The first kappa shape index (κ1) is 21.2. The number of anilines is 1. The maximum absolute atomic E-state index is 12.4. The van der Waals surface area contributed by atoms with Crippen LogP contribution < -0.4 is 5.32 Å². The van der Waals surface area contributed by atoms with Gasteiger partial charge in [-0.1, -0.05) is 60.6 Å². The second-order valence-corrected chi connectivity index (χ2v) is 9.09. The third-order valence-corrected chi connectivity index (χ3v) is 6.46. The maximum Gasteiger partial charge on any atom is 0.236 e. The van der Waals surface area contributed by atoms with Crippen LogP contribution in [-0.2, 0) is 17.6 Å². The molecule has 0 bridgehead atoms. The van der Waals surface area contributed by atoms with Crippen LogP contribution in [0.1, 0.15) is 28.5 Å². The summed E-state index contributed by atoms with van der Waals surface area (Å²) >= 11 is 2.78. The first-order valence-electron chi connectivity index (χ1n) is 9.91. The van der Waals surface area contributed by atoms with Crippen molar-refractivity contribution in [2.75, 3.05) is 11.1 Å². The van der Waals surface area contributed by atoms with Crippen molar-refractivity contribution in [2.45, 2.75) is 31.8 Å². The molecule has 1 N–H and O–H groups in total. The van der Waals surface area contributed by atoms with Gasteiger partial charge in [0, 0.05) is 17.5 Å². The topological polar surface area (TPSA) is 85.6 Å². The van der Waals surface area contributed by atoms with E-state index in [4.69, 9.17) is 0 Å². The number of hydrogen-bond donors (Lipinski definition) is 1. The molecule has 158 valence electrons. The summed E-state index contributed by atoms with van der Waals surface area (Å²) in [6.07, 6.45) is 3.59. The van der Waals surface area contributed by atoms with E-state index in [0.29, 0.717) is 10.3 Å². The molecular weight excluding hydrogens is 428 g/mol. The molecule has 2 heterocycles. The summed E-state index contributed by atoms with van der Waals surface area (Å²) in [5.41, 5.74) is 4.58. The summed E-state index contributed by atoms with van der Waals surface area (Å²) in [4.78, 5) is 17.8. The SMILES string of the molecule is CCc1ccc(-n2nnnc2SCC(=O)Nc2ncc(Cc3cccc(C)c3)s2)cc1. The van der Waals surface area contributed by atoms with Crippen LogP contribution >= 0.6 is 23.1 Å².